The molecule has 0 aliphatic carbocycles. The number of benzene rings is 1. The van der Waals surface area contributed by atoms with Crippen molar-refractivity contribution in [2.24, 2.45) is 5.92 Å². The van der Waals surface area contributed by atoms with Crippen molar-refractivity contribution in [1.82, 2.24) is 31.2 Å². The lowest BCUT2D eigenvalue weighted by Gasteiger charge is -2.41. The lowest BCUT2D eigenvalue weighted by Crippen LogP contribution is -2.57. The van der Waals surface area contributed by atoms with Crippen molar-refractivity contribution < 1.29 is 37.4 Å². The maximum absolute atomic E-state index is 13.8. The van der Waals surface area contributed by atoms with Crippen molar-refractivity contribution in [2.75, 3.05) is 68.8 Å². The van der Waals surface area contributed by atoms with E-state index in [1.54, 1.807) is 21.9 Å². The van der Waals surface area contributed by atoms with Gasteiger partial charge in [-0.05, 0) is 55.7 Å². The molecule has 1 unspecified atom stereocenters. The van der Waals surface area contributed by atoms with E-state index in [4.69, 9.17) is 15.1 Å². The molecule has 2 aliphatic heterocycles. The molecule has 2 saturated heterocycles. The molecule has 0 spiro atoms. The number of nitrogens with zero attached hydrogens (tertiary/aromatic N) is 5. The highest BCUT2D eigenvalue weighted by molar-refractivity contribution is 5.86. The van der Waals surface area contributed by atoms with Crippen molar-refractivity contribution in [3.05, 3.63) is 47.3 Å². The Hall–Kier alpha value is -4.85. The van der Waals surface area contributed by atoms with E-state index in [2.05, 4.69) is 37.3 Å². The van der Waals surface area contributed by atoms with E-state index in [0.717, 1.165) is 5.56 Å². The topological polar surface area (TPSA) is 185 Å². The second-order valence-electron chi connectivity index (χ2n) is 11.5. The Morgan fingerprint density at radius 1 is 0.917 bits per heavy atom. The number of hydrogen-bond acceptors (Lipinski definition) is 9. The first kappa shape index (κ1) is 36.0. The van der Waals surface area contributed by atoms with Gasteiger partial charge in [0.1, 0.15) is 17.7 Å². The van der Waals surface area contributed by atoms with Crippen molar-refractivity contribution in [1.29, 1.82) is 5.26 Å². The van der Waals surface area contributed by atoms with Crippen molar-refractivity contribution >= 4 is 29.7 Å². The number of aromatic nitrogens is 2. The zero-order valence-electron chi connectivity index (χ0n) is 26.4. The van der Waals surface area contributed by atoms with Crippen molar-refractivity contribution in [3.8, 4) is 6.07 Å². The van der Waals surface area contributed by atoms with Crippen LogP contribution >= 0.6 is 0 Å². The quantitative estimate of drug-likeness (QED) is 0.176. The van der Waals surface area contributed by atoms with E-state index in [1.165, 1.54) is 6.07 Å². The van der Waals surface area contributed by atoms with Gasteiger partial charge in [-0.2, -0.15) is 18.4 Å². The minimum Gasteiger partial charge on any atom is -0.465 e. The summed E-state index contributed by atoms with van der Waals surface area (Å²) in [6.45, 7) is 2.99. The summed E-state index contributed by atoms with van der Waals surface area (Å²) in [5, 5.41) is 27.9. The van der Waals surface area contributed by atoms with Gasteiger partial charge in [0.2, 0.25) is 11.7 Å². The summed E-state index contributed by atoms with van der Waals surface area (Å²) in [7, 11) is 0. The SMILES string of the molecule is N#Cc1ccc(CCNC(=O)C2CCN2c2cc(N3CCC(CCNC(=O)NCCOCCNC(=O)O)CC3)nc(C(F)(F)F)n2)cc1. The summed E-state index contributed by atoms with van der Waals surface area (Å²) in [4.78, 5) is 46.3. The standard InChI is InChI=1S/C31H40F3N9O5/c32-31(33,34)28-40-25(42-14-7-22(8-15-42)6-11-37-29(45)38-12-17-48-18-13-39-30(46)47)19-26(41-28)43-16-9-24(43)27(44)36-10-5-21-1-3-23(20-35)4-2-21/h1-4,19,22,24,39H,5-18H2,(H,36,44)(H,46,47)(H2,37,38,45). The third kappa shape index (κ3) is 10.9. The van der Waals surface area contributed by atoms with Crippen molar-refractivity contribution in [2.45, 2.75) is 44.3 Å². The number of ether oxygens (including phenoxy) is 1. The average molecular weight is 676 g/mol. The van der Waals surface area contributed by atoms with Gasteiger partial charge in [-0.1, -0.05) is 12.1 Å². The Morgan fingerprint density at radius 2 is 1.58 bits per heavy atom. The predicted molar refractivity (Wildman–Crippen MR) is 168 cm³/mol. The molecule has 1 atom stereocenters. The number of carbonyl (C=O) groups excluding carboxylic acids is 2. The summed E-state index contributed by atoms with van der Waals surface area (Å²) in [6, 6.07) is 9.61. The highest BCUT2D eigenvalue weighted by atomic mass is 19.4. The zero-order chi connectivity index (χ0) is 34.5. The number of carbonyl (C=O) groups is 3. The molecule has 0 saturated carbocycles. The van der Waals surface area contributed by atoms with E-state index in [0.29, 0.717) is 70.4 Å². The lowest BCUT2D eigenvalue weighted by atomic mass is 9.93. The van der Waals surface area contributed by atoms with Gasteiger partial charge in [-0.15, -0.1) is 0 Å². The minimum atomic E-state index is -4.76. The molecule has 2 fully saturated rings. The van der Waals surface area contributed by atoms with Crippen LogP contribution in [0.1, 0.15) is 42.6 Å². The molecule has 0 radical (unpaired) electrons. The first-order chi connectivity index (χ1) is 23.0. The number of amides is 4. The number of urea groups is 1. The number of rotatable bonds is 15. The van der Waals surface area contributed by atoms with Crippen LogP contribution in [0.15, 0.2) is 30.3 Å². The number of hydrogen-bond donors (Lipinski definition) is 5. The van der Waals surface area contributed by atoms with Gasteiger partial charge in [-0.3, -0.25) is 4.79 Å². The molecule has 260 valence electrons. The van der Waals surface area contributed by atoms with E-state index in [9.17, 15) is 27.6 Å². The number of piperidine rings is 1. The second-order valence-corrected chi connectivity index (χ2v) is 11.5. The van der Waals surface area contributed by atoms with Gasteiger partial charge in [-0.25, -0.2) is 19.6 Å². The van der Waals surface area contributed by atoms with Gasteiger partial charge in [0, 0.05) is 51.9 Å². The minimum absolute atomic E-state index is 0.0606. The van der Waals surface area contributed by atoms with Gasteiger partial charge in [0.15, 0.2) is 0 Å². The first-order valence-electron chi connectivity index (χ1n) is 15.8. The molecule has 3 heterocycles. The summed E-state index contributed by atoms with van der Waals surface area (Å²) in [6.07, 6.45) is -2.74. The fourth-order valence-corrected chi connectivity index (χ4v) is 5.46. The number of nitrogens with one attached hydrogen (secondary N) is 4. The van der Waals surface area contributed by atoms with Crippen LogP contribution in [-0.4, -0.2) is 98.2 Å². The number of carboxylic acid groups (broad SMARTS) is 1. The molecule has 5 N–H and O–H groups in total. The van der Waals surface area contributed by atoms with E-state index < -0.39 is 24.1 Å². The molecular weight excluding hydrogens is 635 g/mol. The fourth-order valence-electron chi connectivity index (χ4n) is 5.46. The van der Waals surface area contributed by atoms with Gasteiger partial charge < -0.3 is 40.9 Å². The largest absolute Gasteiger partial charge is 0.465 e. The number of nitriles is 1. The van der Waals surface area contributed by atoms with Crippen LogP contribution in [0.5, 0.6) is 0 Å². The first-order valence-corrected chi connectivity index (χ1v) is 15.8. The van der Waals surface area contributed by atoms with Gasteiger partial charge >= 0.3 is 18.3 Å². The summed E-state index contributed by atoms with van der Waals surface area (Å²) >= 11 is 0. The number of halogens is 3. The Labute approximate surface area is 276 Å². The van der Waals surface area contributed by atoms with Crippen LogP contribution in [0.3, 0.4) is 0 Å². The molecular formula is C31H40F3N9O5. The molecule has 2 aromatic rings. The Bertz CT molecular complexity index is 1430. The molecule has 1 aromatic carbocycles. The van der Waals surface area contributed by atoms with Crippen LogP contribution in [-0.2, 0) is 22.1 Å². The normalized spacial score (nSPS) is 16.4. The lowest BCUT2D eigenvalue weighted by molar-refractivity contribution is -0.144. The maximum Gasteiger partial charge on any atom is 0.451 e. The third-order valence-corrected chi connectivity index (χ3v) is 8.20. The summed E-state index contributed by atoms with van der Waals surface area (Å²) in [5.74, 6) is -1.04. The molecule has 17 heteroatoms. The molecule has 14 nitrogen and oxygen atoms in total. The molecule has 4 amide bonds. The zero-order valence-corrected chi connectivity index (χ0v) is 26.4. The summed E-state index contributed by atoms with van der Waals surface area (Å²) in [5.41, 5.74) is 1.49. The maximum atomic E-state index is 13.8. The molecule has 2 aliphatic rings. The number of alkyl halides is 3. The Morgan fingerprint density at radius 3 is 2.21 bits per heavy atom. The molecule has 48 heavy (non-hydrogen) atoms. The van der Waals surface area contributed by atoms with E-state index in [-0.39, 0.29) is 55.8 Å². The Balaban J connectivity index is 1.23. The highest BCUT2D eigenvalue weighted by Crippen LogP contribution is 2.34. The summed E-state index contributed by atoms with van der Waals surface area (Å²) < 4.78 is 46.7. The van der Waals surface area contributed by atoms with Crippen molar-refractivity contribution in [3.63, 3.8) is 0 Å². The van der Waals surface area contributed by atoms with Crippen LogP contribution in [0.25, 0.3) is 0 Å². The fraction of sp³-hybridized carbons (Fsp3) is 0.548. The molecule has 1 aromatic heterocycles. The van der Waals surface area contributed by atoms with Gasteiger partial charge in [0.05, 0.1) is 24.8 Å². The van der Waals surface area contributed by atoms with Crippen LogP contribution in [0, 0.1) is 17.2 Å². The van der Waals surface area contributed by atoms with Crippen LogP contribution in [0.4, 0.5) is 34.4 Å². The van der Waals surface area contributed by atoms with Crippen LogP contribution in [0.2, 0.25) is 0 Å². The van der Waals surface area contributed by atoms with Gasteiger partial charge in [0.25, 0.3) is 0 Å². The monoisotopic (exact) mass is 675 g/mol. The third-order valence-electron chi connectivity index (χ3n) is 8.20. The Kier molecular flexibility index (Phi) is 13.0. The molecule has 0 bridgehead atoms. The smallest absolute Gasteiger partial charge is 0.451 e. The average Bonchev–Trinajstić information content (AvgIpc) is 3.04. The van der Waals surface area contributed by atoms with E-state index in [1.807, 2.05) is 12.1 Å². The molecule has 4 rings (SSSR count). The predicted octanol–water partition coefficient (Wildman–Crippen LogP) is 2.49. The second kappa shape index (κ2) is 17.3. The highest BCUT2D eigenvalue weighted by Gasteiger charge is 2.40. The van der Waals surface area contributed by atoms with Crippen LogP contribution < -0.4 is 31.1 Å². The van der Waals surface area contributed by atoms with E-state index >= 15 is 0 Å². The number of anilines is 2.